The van der Waals surface area contributed by atoms with Crippen LogP contribution in [0.2, 0.25) is 0 Å². The smallest absolute Gasteiger partial charge is 0.197 e. The fourth-order valence-electron chi connectivity index (χ4n) is 2.06. The quantitative estimate of drug-likeness (QED) is 0.682. The zero-order valence-electron chi connectivity index (χ0n) is 10.7. The predicted octanol–water partition coefficient (Wildman–Crippen LogP) is 2.31. The van der Waals surface area contributed by atoms with E-state index in [0.29, 0.717) is 17.7 Å². The fourth-order valence-corrected chi connectivity index (χ4v) is 2.06. The molecule has 0 aliphatic heterocycles. The number of hydrogen-bond acceptors (Lipinski definition) is 4. The number of aromatic nitrogens is 1. The van der Waals surface area contributed by atoms with Gasteiger partial charge < -0.3 is 20.4 Å². The van der Waals surface area contributed by atoms with Crippen LogP contribution in [0.15, 0.2) is 24.3 Å². The van der Waals surface area contributed by atoms with Crippen molar-refractivity contribution in [2.45, 2.75) is 26.3 Å². The summed E-state index contributed by atoms with van der Waals surface area (Å²) in [6.45, 7) is 2.48. The Labute approximate surface area is 111 Å². The third kappa shape index (κ3) is 2.59. The molecule has 0 saturated carbocycles. The van der Waals surface area contributed by atoms with E-state index in [1.165, 1.54) is 22.8 Å². The minimum Gasteiger partial charge on any atom is -0.508 e. The van der Waals surface area contributed by atoms with Gasteiger partial charge in [-0.2, -0.15) is 0 Å². The second-order valence-corrected chi connectivity index (χ2v) is 4.49. The van der Waals surface area contributed by atoms with Crippen LogP contribution in [0.25, 0.3) is 0 Å². The molecule has 1 aromatic carbocycles. The summed E-state index contributed by atoms with van der Waals surface area (Å²) >= 11 is 0. The number of aromatic hydroxyl groups is 4. The third-order valence-corrected chi connectivity index (χ3v) is 3.02. The molecule has 2 rings (SSSR count). The Morgan fingerprint density at radius 2 is 1.74 bits per heavy atom. The van der Waals surface area contributed by atoms with Crippen LogP contribution in [0, 0.1) is 0 Å². The number of phenols is 2. The Morgan fingerprint density at radius 1 is 1.00 bits per heavy atom. The van der Waals surface area contributed by atoms with Gasteiger partial charge in [-0.25, -0.2) is 0 Å². The number of benzene rings is 1. The lowest BCUT2D eigenvalue weighted by atomic mass is 10.1. The van der Waals surface area contributed by atoms with E-state index in [9.17, 15) is 20.4 Å². The summed E-state index contributed by atoms with van der Waals surface area (Å²) in [5, 5.41) is 38.7. The van der Waals surface area contributed by atoms with Crippen LogP contribution in [0.3, 0.4) is 0 Å². The van der Waals surface area contributed by atoms with E-state index in [1.54, 1.807) is 6.07 Å². The molecule has 19 heavy (non-hydrogen) atoms. The van der Waals surface area contributed by atoms with Crippen molar-refractivity contribution in [3.05, 3.63) is 35.4 Å². The Balaban J connectivity index is 2.31. The zero-order valence-corrected chi connectivity index (χ0v) is 10.7. The molecule has 0 bridgehead atoms. The second-order valence-electron chi connectivity index (χ2n) is 4.49. The zero-order chi connectivity index (χ0) is 14.0. The van der Waals surface area contributed by atoms with E-state index in [-0.39, 0.29) is 29.7 Å². The van der Waals surface area contributed by atoms with Crippen molar-refractivity contribution in [3.63, 3.8) is 0 Å². The maximum Gasteiger partial charge on any atom is 0.197 e. The van der Waals surface area contributed by atoms with Crippen molar-refractivity contribution >= 4 is 0 Å². The average Bonchev–Trinajstić information content (AvgIpc) is 2.61. The van der Waals surface area contributed by atoms with Crippen LogP contribution >= 0.6 is 0 Å². The summed E-state index contributed by atoms with van der Waals surface area (Å²) in [7, 11) is 0. The Kier molecular flexibility index (Phi) is 3.55. The monoisotopic (exact) mass is 263 g/mol. The summed E-state index contributed by atoms with van der Waals surface area (Å²) < 4.78 is 1.42. The van der Waals surface area contributed by atoms with Crippen LogP contribution < -0.4 is 0 Å². The second kappa shape index (κ2) is 5.14. The van der Waals surface area contributed by atoms with Crippen molar-refractivity contribution in [2.24, 2.45) is 0 Å². The normalized spacial score (nSPS) is 10.8. The lowest BCUT2D eigenvalue weighted by Crippen LogP contribution is -1.95. The summed E-state index contributed by atoms with van der Waals surface area (Å²) in [5.41, 5.74) is 1.11. The summed E-state index contributed by atoms with van der Waals surface area (Å²) in [4.78, 5) is 0. The SMILES string of the molecule is CCCn1c(O)cc(Cc2ccc(O)cc2O)c1O. The molecule has 4 N–H and O–H groups in total. The molecular weight excluding hydrogens is 246 g/mol. The summed E-state index contributed by atoms with van der Waals surface area (Å²) in [5.74, 6) is -0.0431. The van der Waals surface area contributed by atoms with E-state index in [2.05, 4.69) is 0 Å². The molecule has 5 nitrogen and oxygen atoms in total. The Morgan fingerprint density at radius 3 is 2.37 bits per heavy atom. The van der Waals surface area contributed by atoms with E-state index in [0.717, 1.165) is 6.42 Å². The first kappa shape index (κ1) is 13.1. The van der Waals surface area contributed by atoms with E-state index < -0.39 is 0 Å². The molecule has 0 aliphatic rings. The Bertz CT molecular complexity index is 589. The van der Waals surface area contributed by atoms with E-state index in [4.69, 9.17) is 0 Å². The maximum absolute atomic E-state index is 10.0. The van der Waals surface area contributed by atoms with Gasteiger partial charge in [-0.3, -0.25) is 4.57 Å². The van der Waals surface area contributed by atoms with Gasteiger partial charge in [0.1, 0.15) is 11.5 Å². The highest BCUT2D eigenvalue weighted by Crippen LogP contribution is 2.32. The van der Waals surface area contributed by atoms with Gasteiger partial charge in [-0.05, 0) is 18.1 Å². The van der Waals surface area contributed by atoms with Crippen LogP contribution in [-0.4, -0.2) is 25.0 Å². The molecule has 2 aromatic rings. The minimum absolute atomic E-state index is 0.00632. The van der Waals surface area contributed by atoms with Gasteiger partial charge >= 0.3 is 0 Å². The molecule has 0 aliphatic carbocycles. The highest BCUT2D eigenvalue weighted by molar-refractivity contribution is 5.45. The topological polar surface area (TPSA) is 85.9 Å². The van der Waals surface area contributed by atoms with Gasteiger partial charge in [0, 0.05) is 30.7 Å². The Hall–Kier alpha value is -2.30. The molecular formula is C14H17NO4. The van der Waals surface area contributed by atoms with Gasteiger partial charge in [-0.15, -0.1) is 0 Å². The van der Waals surface area contributed by atoms with Crippen LogP contribution in [0.5, 0.6) is 23.3 Å². The molecule has 5 heteroatoms. The van der Waals surface area contributed by atoms with Crippen molar-refractivity contribution in [3.8, 4) is 23.3 Å². The number of rotatable bonds is 4. The number of phenolic OH excluding ortho intramolecular Hbond substituents is 2. The molecule has 0 saturated heterocycles. The lowest BCUT2D eigenvalue weighted by Gasteiger charge is -2.06. The third-order valence-electron chi connectivity index (χ3n) is 3.02. The first-order chi connectivity index (χ1) is 9.02. The number of nitrogens with zero attached hydrogens (tertiary/aromatic N) is 1. The highest BCUT2D eigenvalue weighted by Gasteiger charge is 2.15. The molecule has 0 fully saturated rings. The molecule has 1 aromatic heterocycles. The molecule has 0 amide bonds. The molecule has 0 spiro atoms. The first-order valence-electron chi connectivity index (χ1n) is 6.14. The van der Waals surface area contributed by atoms with Crippen molar-refractivity contribution in [1.29, 1.82) is 0 Å². The van der Waals surface area contributed by atoms with E-state index >= 15 is 0 Å². The minimum atomic E-state index is -0.0397. The molecule has 0 atom stereocenters. The molecule has 0 radical (unpaired) electrons. The summed E-state index contributed by atoms with van der Waals surface area (Å²) in [6, 6.07) is 5.78. The number of hydrogen-bond donors (Lipinski definition) is 4. The van der Waals surface area contributed by atoms with Gasteiger partial charge in [0.2, 0.25) is 0 Å². The van der Waals surface area contributed by atoms with Crippen LogP contribution in [0.1, 0.15) is 24.5 Å². The maximum atomic E-state index is 10.0. The lowest BCUT2D eigenvalue weighted by molar-refractivity contribution is 0.365. The van der Waals surface area contributed by atoms with Crippen molar-refractivity contribution < 1.29 is 20.4 Å². The molecule has 0 unspecified atom stereocenters. The molecule has 102 valence electrons. The van der Waals surface area contributed by atoms with Crippen molar-refractivity contribution in [1.82, 2.24) is 4.57 Å². The van der Waals surface area contributed by atoms with Gasteiger partial charge in [0.15, 0.2) is 11.8 Å². The fraction of sp³-hybridized carbons (Fsp3) is 0.286. The standard InChI is InChI=1S/C14H17NO4/c1-2-5-15-13(18)7-10(14(15)19)6-9-3-4-11(16)8-12(9)17/h3-4,7-8,16-19H,2,5-6H2,1H3. The summed E-state index contributed by atoms with van der Waals surface area (Å²) in [6.07, 6.45) is 1.07. The largest absolute Gasteiger partial charge is 0.508 e. The van der Waals surface area contributed by atoms with Gasteiger partial charge in [0.05, 0.1) is 0 Å². The van der Waals surface area contributed by atoms with Gasteiger partial charge in [-0.1, -0.05) is 13.0 Å². The average molecular weight is 263 g/mol. The van der Waals surface area contributed by atoms with Crippen LogP contribution in [-0.2, 0) is 13.0 Å². The first-order valence-corrected chi connectivity index (χ1v) is 6.14. The van der Waals surface area contributed by atoms with Gasteiger partial charge in [0.25, 0.3) is 0 Å². The predicted molar refractivity (Wildman–Crippen MR) is 70.6 cm³/mol. The van der Waals surface area contributed by atoms with E-state index in [1.807, 2.05) is 6.92 Å². The van der Waals surface area contributed by atoms with Crippen molar-refractivity contribution in [2.75, 3.05) is 0 Å². The highest BCUT2D eigenvalue weighted by atomic mass is 16.3. The molecule has 1 heterocycles. The van der Waals surface area contributed by atoms with Crippen LogP contribution in [0.4, 0.5) is 0 Å².